The molecule has 0 radical (unpaired) electrons. The van der Waals surface area contributed by atoms with Crippen molar-refractivity contribution in [1.29, 1.82) is 0 Å². The second kappa shape index (κ2) is 25.8. The van der Waals surface area contributed by atoms with Crippen LogP contribution in [0.5, 0.6) is 0 Å². The van der Waals surface area contributed by atoms with Gasteiger partial charge in [0.1, 0.15) is 0 Å². The Hall–Kier alpha value is 0.970. The summed E-state index contributed by atoms with van der Waals surface area (Å²) in [4.78, 5) is 0. The molecular weight excluding hydrogens is 637 g/mol. The van der Waals surface area contributed by atoms with Gasteiger partial charge in [-0.05, 0) is 0 Å². The Bertz CT molecular complexity index is 665. The molecule has 0 fully saturated rings. The topological polar surface area (TPSA) is 44.8 Å². The summed E-state index contributed by atoms with van der Waals surface area (Å²) in [5.41, 5.74) is 0. The molecule has 0 aromatic carbocycles. The van der Waals surface area contributed by atoms with Gasteiger partial charge in [0.25, 0.3) is 0 Å². The van der Waals surface area contributed by atoms with Crippen LogP contribution >= 0.6 is 21.5 Å². The Morgan fingerprint density at radius 3 is 0.894 bits per heavy atom. The van der Waals surface area contributed by atoms with E-state index < -0.39 is 21.5 Å². The first-order valence-electron chi connectivity index (χ1n) is 21.2. The van der Waals surface area contributed by atoms with Crippen molar-refractivity contribution in [2.75, 3.05) is 55.9 Å². The summed E-state index contributed by atoms with van der Waals surface area (Å²) in [6, 6.07) is 0. The number of hydrogen-bond donors (Lipinski definition) is 0. The van der Waals surface area contributed by atoms with Gasteiger partial charge in [0.15, 0.2) is 0 Å². The summed E-state index contributed by atoms with van der Waals surface area (Å²) < 4.78 is 38.8. The molecule has 0 bridgehead atoms. The third-order valence-corrected chi connectivity index (χ3v) is 28.6. The van der Waals surface area contributed by atoms with E-state index in [-0.39, 0.29) is 0 Å². The molecule has 288 valence electrons. The number of rotatable bonds is 35. The average Bonchev–Trinajstić information content (AvgIpc) is 3.08. The Morgan fingerprint density at radius 2 is 0.681 bits per heavy atom. The first kappa shape index (κ1) is 48.0. The molecule has 0 rings (SSSR count). The van der Waals surface area contributed by atoms with Crippen LogP contribution in [0.15, 0.2) is 0 Å². The quantitative estimate of drug-likeness (QED) is 0.0610. The molecular formula is C40H89O4P3. The summed E-state index contributed by atoms with van der Waals surface area (Å²) in [6.07, 6.45) is 31.5. The summed E-state index contributed by atoms with van der Waals surface area (Å²) in [6.45, 7) is 17.7. The van der Waals surface area contributed by atoms with Crippen LogP contribution in [0, 0.1) is 5.92 Å². The van der Waals surface area contributed by atoms with Gasteiger partial charge in [0, 0.05) is 0 Å². The molecule has 0 aliphatic carbocycles. The fourth-order valence-corrected chi connectivity index (χ4v) is 27.8. The standard InChI is InChI=1S/C40H89O4P3/c1-11-21-30-40(20-10)39-42-45(41,43-46(31-22-12-2,32-23-13-3,33-24-14-4)34-25-15-5)44-47(35-26-16-6,36-27-17-7,37-28-18-8)38-29-19-9/h40H,11-39H2,1-10H3. The summed E-state index contributed by atoms with van der Waals surface area (Å²) >= 11 is 0. The molecule has 0 aromatic rings. The average molecular weight is 727 g/mol. The molecule has 1 unspecified atom stereocenters. The summed E-state index contributed by atoms with van der Waals surface area (Å²) in [5, 5.41) is 0. The number of unbranched alkanes of at least 4 members (excludes halogenated alkanes) is 9. The van der Waals surface area contributed by atoms with Crippen LogP contribution in [0.3, 0.4) is 0 Å². The van der Waals surface area contributed by atoms with Gasteiger partial charge in [-0.25, -0.2) is 0 Å². The Labute approximate surface area is 297 Å². The molecule has 1 atom stereocenters. The number of hydrogen-bond acceptors (Lipinski definition) is 4. The van der Waals surface area contributed by atoms with E-state index in [1.54, 1.807) is 0 Å². The third kappa shape index (κ3) is 16.9. The van der Waals surface area contributed by atoms with E-state index in [1.165, 1.54) is 12.8 Å². The van der Waals surface area contributed by atoms with Gasteiger partial charge in [0.05, 0.1) is 0 Å². The van der Waals surface area contributed by atoms with E-state index >= 15 is 4.57 Å². The Morgan fingerprint density at radius 1 is 0.426 bits per heavy atom. The molecule has 0 aliphatic heterocycles. The summed E-state index contributed by atoms with van der Waals surface area (Å²) in [7, 11) is -3.90. The molecule has 0 saturated carbocycles. The zero-order chi connectivity index (χ0) is 35.6. The Balaban J connectivity index is 7.74. The van der Waals surface area contributed by atoms with Crippen molar-refractivity contribution in [2.45, 2.75) is 198 Å². The first-order chi connectivity index (χ1) is 22.5. The van der Waals surface area contributed by atoms with Crippen LogP contribution < -0.4 is 0 Å². The second-order valence-corrected chi connectivity index (χ2v) is 29.1. The van der Waals surface area contributed by atoms with Gasteiger partial charge in [-0.3, -0.25) is 0 Å². The van der Waals surface area contributed by atoms with Crippen LogP contribution in [0.2, 0.25) is 0 Å². The predicted molar refractivity (Wildman–Crippen MR) is 221 cm³/mol. The van der Waals surface area contributed by atoms with Crippen molar-refractivity contribution in [3.63, 3.8) is 0 Å². The molecule has 0 heterocycles. The summed E-state index contributed by atoms with van der Waals surface area (Å²) in [5.74, 6) is 0.391. The normalized spacial score (nSPS) is 16.3. The van der Waals surface area contributed by atoms with Gasteiger partial charge in [0.2, 0.25) is 0 Å². The van der Waals surface area contributed by atoms with Gasteiger partial charge >= 0.3 is 299 Å². The molecule has 0 saturated heterocycles. The monoisotopic (exact) mass is 727 g/mol. The second-order valence-electron chi connectivity index (χ2n) is 15.7. The third-order valence-electron chi connectivity index (χ3n) is 11.3. The first-order valence-corrected chi connectivity index (χ1v) is 28.5. The maximum absolute atomic E-state index is 16.3. The van der Waals surface area contributed by atoms with Gasteiger partial charge in [-0.15, -0.1) is 0 Å². The fourth-order valence-electron chi connectivity index (χ4n) is 7.86. The molecule has 0 spiro atoms. The molecule has 0 aliphatic rings. The van der Waals surface area contributed by atoms with Gasteiger partial charge in [-0.2, -0.15) is 0 Å². The molecule has 7 heteroatoms. The molecule has 0 aromatic heterocycles. The minimum absolute atomic E-state index is 0.391. The van der Waals surface area contributed by atoms with Crippen molar-refractivity contribution >= 4 is 21.5 Å². The van der Waals surface area contributed by atoms with Crippen LogP contribution in [-0.2, 0) is 17.7 Å². The van der Waals surface area contributed by atoms with Crippen molar-refractivity contribution < 1.29 is 17.7 Å². The van der Waals surface area contributed by atoms with Crippen molar-refractivity contribution in [3.05, 3.63) is 0 Å². The van der Waals surface area contributed by atoms with Gasteiger partial charge in [-0.1, -0.05) is 0 Å². The van der Waals surface area contributed by atoms with Gasteiger partial charge < -0.3 is 0 Å². The van der Waals surface area contributed by atoms with Crippen LogP contribution in [0.25, 0.3) is 0 Å². The Kier molecular flexibility index (Phi) is 26.4. The predicted octanol–water partition coefficient (Wildman–Crippen LogP) is 15.7. The van der Waals surface area contributed by atoms with Crippen LogP contribution in [0.4, 0.5) is 0 Å². The van der Waals surface area contributed by atoms with E-state index in [9.17, 15) is 0 Å². The van der Waals surface area contributed by atoms with E-state index in [2.05, 4.69) is 69.2 Å². The number of phosphoric acid groups is 1. The van der Waals surface area contributed by atoms with E-state index in [4.69, 9.17) is 13.1 Å². The van der Waals surface area contributed by atoms with Crippen molar-refractivity contribution in [3.8, 4) is 0 Å². The minimum atomic E-state index is -3.90. The zero-order valence-electron chi connectivity index (χ0n) is 34.1. The van der Waals surface area contributed by atoms with Crippen LogP contribution in [-0.4, -0.2) is 55.9 Å². The maximum atomic E-state index is 16.3. The molecule has 0 amide bonds. The zero-order valence-corrected chi connectivity index (χ0v) is 36.7. The van der Waals surface area contributed by atoms with E-state index in [0.29, 0.717) is 12.5 Å². The van der Waals surface area contributed by atoms with E-state index in [0.717, 1.165) is 165 Å². The molecule has 47 heavy (non-hydrogen) atoms. The van der Waals surface area contributed by atoms with Crippen molar-refractivity contribution in [1.82, 2.24) is 0 Å². The van der Waals surface area contributed by atoms with Crippen molar-refractivity contribution in [2.24, 2.45) is 5.92 Å². The SMILES string of the molecule is CCCCC(CC)COP(=O)(OP(CCCC)(CCCC)(CCCC)CCCC)OP(CCCC)(CCCC)(CCCC)CCCC. The fraction of sp³-hybridized carbons (Fsp3) is 1.00. The van der Waals surface area contributed by atoms with Crippen LogP contribution in [0.1, 0.15) is 198 Å². The van der Waals surface area contributed by atoms with E-state index in [1.807, 2.05) is 0 Å². The molecule has 0 N–H and O–H groups in total. The molecule has 4 nitrogen and oxygen atoms in total.